The Hall–Kier alpha value is -1.42. The third-order valence-corrected chi connectivity index (χ3v) is 1.69. The fraction of sp³-hybridized carbons (Fsp3) is 0.222. The Labute approximate surface area is 75.2 Å². The van der Waals surface area contributed by atoms with Crippen molar-refractivity contribution in [2.24, 2.45) is 5.73 Å². The molecule has 0 fully saturated rings. The van der Waals surface area contributed by atoms with E-state index in [2.05, 4.69) is 4.94 Å². The number of carbonyl (C=O) groups excluding carboxylic acids is 1. The van der Waals surface area contributed by atoms with E-state index in [1.54, 1.807) is 12.1 Å². The Bertz CT molecular complexity index is 284. The lowest BCUT2D eigenvalue weighted by molar-refractivity contribution is -0.0788. The smallest absolute Gasteiger partial charge is 0.330 e. The number of hydrogen-bond acceptors (Lipinski definition) is 3. The number of halogens is 1. The molecule has 0 spiro atoms. The number of hydrogen-bond donors (Lipinski definition) is 1. The number of benzene rings is 1. The zero-order valence-electron chi connectivity index (χ0n) is 7.00. The second kappa shape index (κ2) is 4.57. The first kappa shape index (κ1) is 9.67. The lowest BCUT2D eigenvalue weighted by Gasteiger charge is -1.99. The van der Waals surface area contributed by atoms with Crippen molar-refractivity contribution in [3.63, 3.8) is 0 Å². The normalized spacial score (nSPS) is 9.69. The van der Waals surface area contributed by atoms with E-state index in [9.17, 15) is 9.32 Å². The van der Waals surface area contributed by atoms with Crippen molar-refractivity contribution in [3.05, 3.63) is 35.4 Å². The van der Waals surface area contributed by atoms with Crippen LogP contribution in [0.2, 0.25) is 0 Å². The lowest BCUT2D eigenvalue weighted by Crippen LogP contribution is -2.03. The van der Waals surface area contributed by atoms with Crippen LogP contribution in [0, 0.1) is 0 Å². The van der Waals surface area contributed by atoms with Gasteiger partial charge in [0.2, 0.25) is 0 Å². The monoisotopic (exact) mass is 183 g/mol. The molecule has 0 aromatic heterocycles. The Morgan fingerprint density at radius 2 is 2.00 bits per heavy atom. The van der Waals surface area contributed by atoms with Crippen molar-refractivity contribution in [3.8, 4) is 0 Å². The molecule has 0 heterocycles. The molecular weight excluding hydrogens is 173 g/mol. The summed E-state index contributed by atoms with van der Waals surface area (Å²) in [5.41, 5.74) is 6.54. The van der Waals surface area contributed by atoms with Crippen LogP contribution in [-0.2, 0) is 11.4 Å². The molecule has 0 aliphatic heterocycles. The van der Waals surface area contributed by atoms with E-state index >= 15 is 0 Å². The maximum Gasteiger partial charge on any atom is 0.379 e. The maximum absolute atomic E-state index is 11.5. The predicted octanol–water partition coefficient (Wildman–Crippen LogP) is 1.23. The SMILES string of the molecule is NCCc1ccc(C(=O)OF)cc1. The minimum atomic E-state index is -0.973. The molecule has 0 saturated carbocycles. The van der Waals surface area contributed by atoms with E-state index in [4.69, 9.17) is 5.73 Å². The van der Waals surface area contributed by atoms with E-state index in [0.29, 0.717) is 6.54 Å². The molecule has 2 N–H and O–H groups in total. The van der Waals surface area contributed by atoms with Crippen LogP contribution in [0.1, 0.15) is 15.9 Å². The zero-order chi connectivity index (χ0) is 9.68. The quantitative estimate of drug-likeness (QED) is 0.766. The maximum atomic E-state index is 11.5. The van der Waals surface area contributed by atoms with Gasteiger partial charge in [-0.05, 0) is 30.7 Å². The van der Waals surface area contributed by atoms with Gasteiger partial charge in [-0.15, -0.1) is 0 Å². The van der Waals surface area contributed by atoms with Crippen LogP contribution in [0.4, 0.5) is 4.53 Å². The minimum Gasteiger partial charge on any atom is -0.330 e. The van der Waals surface area contributed by atoms with E-state index in [1.165, 1.54) is 12.1 Å². The van der Waals surface area contributed by atoms with Gasteiger partial charge in [0.05, 0.1) is 5.56 Å². The Balaban J connectivity index is 2.75. The minimum absolute atomic E-state index is 0.197. The summed E-state index contributed by atoms with van der Waals surface area (Å²) in [7, 11) is 0. The molecule has 3 nitrogen and oxygen atoms in total. The van der Waals surface area contributed by atoms with Crippen molar-refractivity contribution < 1.29 is 14.3 Å². The molecule has 0 amide bonds. The van der Waals surface area contributed by atoms with Gasteiger partial charge in [-0.3, -0.25) is 0 Å². The summed E-state index contributed by atoms with van der Waals surface area (Å²) in [6.07, 6.45) is 0.741. The van der Waals surface area contributed by atoms with Crippen LogP contribution in [0.25, 0.3) is 0 Å². The third kappa shape index (κ3) is 2.52. The average molecular weight is 183 g/mol. The molecule has 0 unspecified atom stereocenters. The summed E-state index contributed by atoms with van der Waals surface area (Å²) in [6.45, 7) is 0.549. The van der Waals surface area contributed by atoms with Gasteiger partial charge in [0.25, 0.3) is 0 Å². The Morgan fingerprint density at radius 3 is 2.46 bits per heavy atom. The van der Waals surface area contributed by atoms with Gasteiger partial charge in [0, 0.05) is 4.53 Å². The van der Waals surface area contributed by atoms with Crippen molar-refractivity contribution >= 4 is 5.97 Å². The lowest BCUT2D eigenvalue weighted by atomic mass is 10.1. The molecule has 1 aromatic rings. The highest BCUT2D eigenvalue weighted by Gasteiger charge is 2.06. The zero-order valence-corrected chi connectivity index (χ0v) is 7.00. The molecule has 1 rings (SSSR count). The molecule has 0 bridgehead atoms. The van der Waals surface area contributed by atoms with Crippen LogP contribution in [0.15, 0.2) is 24.3 Å². The van der Waals surface area contributed by atoms with Gasteiger partial charge in [-0.2, -0.15) is 0 Å². The second-order valence-corrected chi connectivity index (χ2v) is 2.60. The summed E-state index contributed by atoms with van der Waals surface area (Å²) in [5, 5.41) is 0. The van der Waals surface area contributed by atoms with Crippen molar-refractivity contribution in [1.82, 2.24) is 0 Å². The molecule has 13 heavy (non-hydrogen) atoms. The molecule has 1 aromatic carbocycles. The number of nitrogens with two attached hydrogens (primary N) is 1. The Kier molecular flexibility index (Phi) is 3.40. The van der Waals surface area contributed by atoms with Crippen LogP contribution < -0.4 is 5.73 Å². The van der Waals surface area contributed by atoms with E-state index in [0.717, 1.165) is 12.0 Å². The highest BCUT2D eigenvalue weighted by atomic mass is 19.3. The Morgan fingerprint density at radius 1 is 1.38 bits per heavy atom. The molecular formula is C9H10FNO2. The number of rotatable bonds is 3. The molecule has 0 aliphatic rings. The van der Waals surface area contributed by atoms with Gasteiger partial charge in [0.1, 0.15) is 0 Å². The van der Waals surface area contributed by atoms with E-state index in [-0.39, 0.29) is 5.56 Å². The van der Waals surface area contributed by atoms with E-state index < -0.39 is 5.97 Å². The highest BCUT2D eigenvalue weighted by molar-refractivity contribution is 5.88. The topological polar surface area (TPSA) is 52.3 Å². The highest BCUT2D eigenvalue weighted by Crippen LogP contribution is 2.06. The first-order chi connectivity index (χ1) is 6.27. The third-order valence-electron chi connectivity index (χ3n) is 1.69. The first-order valence-corrected chi connectivity index (χ1v) is 3.90. The summed E-state index contributed by atoms with van der Waals surface area (Å²) >= 11 is 0. The van der Waals surface area contributed by atoms with Gasteiger partial charge in [-0.1, -0.05) is 12.1 Å². The molecule has 70 valence electrons. The molecule has 0 atom stereocenters. The van der Waals surface area contributed by atoms with Crippen LogP contribution in [0.3, 0.4) is 0 Å². The van der Waals surface area contributed by atoms with Crippen molar-refractivity contribution in [2.45, 2.75) is 6.42 Å². The fourth-order valence-corrected chi connectivity index (χ4v) is 1.02. The predicted molar refractivity (Wildman–Crippen MR) is 45.7 cm³/mol. The summed E-state index contributed by atoms with van der Waals surface area (Å²) < 4.78 is 11.5. The van der Waals surface area contributed by atoms with Crippen LogP contribution in [-0.4, -0.2) is 12.5 Å². The van der Waals surface area contributed by atoms with Gasteiger partial charge in [-0.25, -0.2) is 9.74 Å². The molecule has 0 saturated heterocycles. The fourth-order valence-electron chi connectivity index (χ4n) is 1.02. The second-order valence-electron chi connectivity index (χ2n) is 2.60. The molecule has 0 radical (unpaired) electrons. The van der Waals surface area contributed by atoms with E-state index in [1.807, 2.05) is 0 Å². The van der Waals surface area contributed by atoms with Gasteiger partial charge >= 0.3 is 5.97 Å². The standard InChI is InChI=1S/C9H10FNO2/c10-13-9(12)8-3-1-7(2-4-8)5-6-11/h1-4H,5-6,11H2. The van der Waals surface area contributed by atoms with Crippen LogP contribution >= 0.6 is 0 Å². The van der Waals surface area contributed by atoms with Gasteiger partial charge in [0.15, 0.2) is 0 Å². The molecule has 4 heteroatoms. The van der Waals surface area contributed by atoms with Crippen molar-refractivity contribution in [2.75, 3.05) is 6.54 Å². The number of carbonyl (C=O) groups is 1. The largest absolute Gasteiger partial charge is 0.379 e. The molecule has 0 aliphatic carbocycles. The summed E-state index contributed by atoms with van der Waals surface area (Å²) in [4.78, 5) is 13.7. The summed E-state index contributed by atoms with van der Waals surface area (Å²) in [6, 6.07) is 6.46. The summed E-state index contributed by atoms with van der Waals surface area (Å²) in [5.74, 6) is -0.973. The van der Waals surface area contributed by atoms with Crippen LogP contribution in [0.5, 0.6) is 0 Å². The van der Waals surface area contributed by atoms with Gasteiger partial charge < -0.3 is 5.73 Å². The van der Waals surface area contributed by atoms with Crippen molar-refractivity contribution in [1.29, 1.82) is 0 Å². The average Bonchev–Trinajstić information content (AvgIpc) is 2.18. The first-order valence-electron chi connectivity index (χ1n) is 3.90.